The Morgan fingerprint density at radius 3 is 2.72 bits per heavy atom. The highest BCUT2D eigenvalue weighted by molar-refractivity contribution is 6.32. The van der Waals surface area contributed by atoms with Crippen molar-refractivity contribution in [3.8, 4) is 11.8 Å². The molecule has 0 bridgehead atoms. The summed E-state index contributed by atoms with van der Waals surface area (Å²) in [7, 11) is 0. The van der Waals surface area contributed by atoms with Gasteiger partial charge in [-0.1, -0.05) is 23.7 Å². The summed E-state index contributed by atoms with van der Waals surface area (Å²) < 4.78 is 44.1. The first-order chi connectivity index (χ1) is 13.7. The molecule has 9 heteroatoms. The third-order valence-electron chi connectivity index (χ3n) is 4.10. The molecule has 3 N–H and O–H groups in total. The van der Waals surface area contributed by atoms with E-state index in [2.05, 4.69) is 4.98 Å². The number of nitrogens with one attached hydrogen (secondary N) is 1. The second-order valence-electron chi connectivity index (χ2n) is 6.09. The highest BCUT2D eigenvalue weighted by atomic mass is 35.5. The minimum absolute atomic E-state index is 0.129. The maximum Gasteiger partial charge on any atom is 0.416 e. The summed E-state index contributed by atoms with van der Waals surface area (Å²) in [6.45, 7) is -0.129. The Kier molecular flexibility index (Phi) is 5.52. The number of halogens is 4. The second kappa shape index (κ2) is 7.89. The molecule has 0 spiro atoms. The average Bonchev–Trinajstić information content (AvgIpc) is 3.04. The van der Waals surface area contributed by atoms with Crippen LogP contribution < -0.4 is 10.5 Å². The molecule has 0 aliphatic carbocycles. The van der Waals surface area contributed by atoms with Crippen molar-refractivity contribution >= 4 is 34.5 Å². The number of hydrogen-bond donors (Lipinski definition) is 2. The summed E-state index contributed by atoms with van der Waals surface area (Å²) in [6.07, 6.45) is -1.55. The first kappa shape index (κ1) is 20.3. The third kappa shape index (κ3) is 4.52. The molecule has 148 valence electrons. The number of carbonyl (C=O) groups is 1. The highest BCUT2D eigenvalue weighted by Gasteiger charge is 2.30. The number of carbonyl (C=O) groups excluding carboxylic acids is 1. The van der Waals surface area contributed by atoms with Crippen LogP contribution >= 0.6 is 11.6 Å². The van der Waals surface area contributed by atoms with Gasteiger partial charge in [0.05, 0.1) is 10.6 Å². The van der Waals surface area contributed by atoms with E-state index in [-0.39, 0.29) is 23.0 Å². The Bertz CT molecular complexity index is 1160. The van der Waals surface area contributed by atoms with E-state index >= 15 is 0 Å². The van der Waals surface area contributed by atoms with Crippen molar-refractivity contribution in [2.45, 2.75) is 12.8 Å². The summed E-state index contributed by atoms with van der Waals surface area (Å²) >= 11 is 6.20. The molecule has 29 heavy (non-hydrogen) atoms. The second-order valence-corrected chi connectivity index (χ2v) is 6.50. The van der Waals surface area contributed by atoms with Gasteiger partial charge in [-0.05, 0) is 35.9 Å². The average molecular weight is 420 g/mol. The molecule has 0 fully saturated rings. The number of aromatic amines is 1. The predicted octanol–water partition coefficient (Wildman–Crippen LogP) is 4.81. The van der Waals surface area contributed by atoms with Gasteiger partial charge in [0.2, 0.25) is 0 Å². The molecule has 1 heterocycles. The molecule has 2 aromatic carbocycles. The largest absolute Gasteiger partial charge is 0.487 e. The summed E-state index contributed by atoms with van der Waals surface area (Å²) in [6, 6.07) is 9.66. The van der Waals surface area contributed by atoms with E-state index < -0.39 is 17.6 Å². The number of amides is 1. The predicted molar refractivity (Wildman–Crippen MR) is 102 cm³/mol. The number of nitriles is 1. The van der Waals surface area contributed by atoms with Crippen LogP contribution in [0.4, 0.5) is 13.2 Å². The molecule has 0 aliphatic heterocycles. The normalized spacial score (nSPS) is 12.0. The number of nitrogens with zero attached hydrogens (tertiary/aromatic N) is 1. The minimum Gasteiger partial charge on any atom is -0.487 e. The summed E-state index contributed by atoms with van der Waals surface area (Å²) in [5.41, 5.74) is 5.61. The molecule has 0 aliphatic rings. The lowest BCUT2D eigenvalue weighted by molar-refractivity contribution is -0.137. The minimum atomic E-state index is -4.45. The van der Waals surface area contributed by atoms with Crippen molar-refractivity contribution < 1.29 is 22.7 Å². The van der Waals surface area contributed by atoms with E-state index in [1.807, 2.05) is 0 Å². The maximum atomic E-state index is 12.8. The molecule has 0 atom stereocenters. The smallest absolute Gasteiger partial charge is 0.416 e. The maximum absolute atomic E-state index is 12.8. The molecule has 0 unspecified atom stereocenters. The topological polar surface area (TPSA) is 91.9 Å². The van der Waals surface area contributed by atoms with Crippen LogP contribution in [0.5, 0.6) is 5.75 Å². The van der Waals surface area contributed by atoms with Gasteiger partial charge in [-0.25, -0.2) is 0 Å². The summed E-state index contributed by atoms with van der Waals surface area (Å²) in [4.78, 5) is 14.2. The summed E-state index contributed by atoms with van der Waals surface area (Å²) in [5.74, 6) is -0.625. The zero-order valence-electron chi connectivity index (χ0n) is 14.7. The monoisotopic (exact) mass is 419 g/mol. The molecule has 0 radical (unpaired) electrons. The van der Waals surface area contributed by atoms with Gasteiger partial charge in [-0.2, -0.15) is 18.4 Å². The first-order valence-electron chi connectivity index (χ1n) is 8.20. The fourth-order valence-electron chi connectivity index (χ4n) is 2.69. The first-order valence-corrected chi connectivity index (χ1v) is 8.58. The fourth-order valence-corrected chi connectivity index (χ4v) is 2.91. The van der Waals surface area contributed by atoms with Crippen molar-refractivity contribution in [1.82, 2.24) is 4.98 Å². The van der Waals surface area contributed by atoms with E-state index in [1.165, 1.54) is 18.2 Å². The van der Waals surface area contributed by atoms with Crippen LogP contribution in [0.2, 0.25) is 5.02 Å². The van der Waals surface area contributed by atoms with Crippen LogP contribution in [0.15, 0.2) is 48.2 Å². The number of fused-ring (bicyclic) bond motifs is 1. The van der Waals surface area contributed by atoms with Gasteiger partial charge in [0.1, 0.15) is 24.0 Å². The lowest BCUT2D eigenvalue weighted by Gasteiger charge is -2.11. The SMILES string of the molecule is N#CC(=Cc1c[nH]c2cc(Cl)c(OCc3cccc(C(F)(F)F)c3)cc12)C(N)=O. The number of ether oxygens (including phenoxy) is 1. The van der Waals surface area contributed by atoms with Crippen LogP contribution in [0.25, 0.3) is 17.0 Å². The number of nitrogens with two attached hydrogens (primary N) is 1. The van der Waals surface area contributed by atoms with E-state index in [0.717, 1.165) is 12.1 Å². The zero-order valence-corrected chi connectivity index (χ0v) is 15.4. The lowest BCUT2D eigenvalue weighted by Crippen LogP contribution is -2.12. The Balaban J connectivity index is 1.91. The van der Waals surface area contributed by atoms with Crippen LogP contribution in [0.1, 0.15) is 16.7 Å². The van der Waals surface area contributed by atoms with Crippen molar-refractivity contribution in [2.75, 3.05) is 0 Å². The summed E-state index contributed by atoms with van der Waals surface area (Å²) in [5, 5.41) is 9.85. The van der Waals surface area contributed by atoms with Crippen LogP contribution in [-0.4, -0.2) is 10.9 Å². The van der Waals surface area contributed by atoms with Gasteiger partial charge < -0.3 is 15.5 Å². The van der Waals surface area contributed by atoms with Gasteiger partial charge in [0, 0.05) is 22.7 Å². The van der Waals surface area contributed by atoms with Crippen molar-refractivity contribution in [1.29, 1.82) is 5.26 Å². The van der Waals surface area contributed by atoms with Crippen LogP contribution in [-0.2, 0) is 17.6 Å². The number of primary amides is 1. The molecule has 0 saturated carbocycles. The quantitative estimate of drug-likeness (QED) is 0.459. The van der Waals surface area contributed by atoms with E-state index in [1.54, 1.807) is 24.4 Å². The standard InChI is InChI=1S/C20H13ClF3N3O2/c21-16-7-17-15(13(9-27-17)5-12(8-25)19(26)28)6-18(16)29-10-11-2-1-3-14(4-11)20(22,23)24/h1-7,9,27H,10H2,(H2,26,28). The zero-order chi connectivity index (χ0) is 21.2. The van der Waals surface area contributed by atoms with E-state index in [0.29, 0.717) is 22.0 Å². The molecule has 3 aromatic rings. The Hall–Kier alpha value is -3.44. The number of benzene rings is 2. The Morgan fingerprint density at radius 1 is 1.31 bits per heavy atom. The van der Waals surface area contributed by atoms with Crippen molar-refractivity contribution in [3.63, 3.8) is 0 Å². The number of alkyl halides is 3. The fraction of sp³-hybridized carbons (Fsp3) is 0.100. The Labute approximate surface area is 168 Å². The van der Waals surface area contributed by atoms with Gasteiger partial charge in [0.25, 0.3) is 5.91 Å². The molecule has 3 rings (SSSR count). The third-order valence-corrected chi connectivity index (χ3v) is 4.40. The molecular formula is C20H13ClF3N3O2. The van der Waals surface area contributed by atoms with Crippen molar-refractivity contribution in [3.05, 3.63) is 69.9 Å². The van der Waals surface area contributed by atoms with Crippen LogP contribution in [0, 0.1) is 11.3 Å². The number of rotatable bonds is 5. The van der Waals surface area contributed by atoms with Crippen LogP contribution in [0.3, 0.4) is 0 Å². The Morgan fingerprint density at radius 2 is 2.07 bits per heavy atom. The van der Waals surface area contributed by atoms with Gasteiger partial charge in [0.15, 0.2) is 0 Å². The molecular weight excluding hydrogens is 407 g/mol. The lowest BCUT2D eigenvalue weighted by atomic mass is 10.1. The molecule has 0 saturated heterocycles. The van der Waals surface area contributed by atoms with Gasteiger partial charge >= 0.3 is 6.18 Å². The van der Waals surface area contributed by atoms with E-state index in [9.17, 15) is 18.0 Å². The van der Waals surface area contributed by atoms with Gasteiger partial charge in [-0.3, -0.25) is 4.79 Å². The number of H-pyrrole nitrogens is 1. The number of aromatic nitrogens is 1. The van der Waals surface area contributed by atoms with Crippen molar-refractivity contribution in [2.24, 2.45) is 5.73 Å². The molecule has 5 nitrogen and oxygen atoms in total. The van der Waals surface area contributed by atoms with E-state index in [4.69, 9.17) is 27.3 Å². The number of hydrogen-bond acceptors (Lipinski definition) is 3. The molecule has 1 aromatic heterocycles. The molecule has 1 amide bonds. The van der Waals surface area contributed by atoms with Gasteiger partial charge in [-0.15, -0.1) is 0 Å². The highest BCUT2D eigenvalue weighted by Crippen LogP contribution is 2.34.